The molecule has 3 aromatic rings. The Morgan fingerprint density at radius 1 is 0.970 bits per heavy atom. The molecule has 0 saturated heterocycles. The van der Waals surface area contributed by atoms with Gasteiger partial charge in [-0.05, 0) is 24.3 Å². The average molecular weight is 506 g/mol. The highest BCUT2D eigenvalue weighted by molar-refractivity contribution is 6.43. The molecule has 3 rings (SSSR count). The first-order valence-corrected chi connectivity index (χ1v) is 9.48. The second-order valence-electron chi connectivity index (χ2n) is 6.24. The number of hydrogen-bond donors (Lipinski definition) is 2. The van der Waals surface area contributed by atoms with E-state index >= 15 is 0 Å². The first kappa shape index (κ1) is 24.2. The highest BCUT2D eigenvalue weighted by Crippen LogP contribution is 2.41. The lowest BCUT2D eigenvalue weighted by molar-refractivity contribution is -0.137. The summed E-state index contributed by atoms with van der Waals surface area (Å²) in [5.41, 5.74) is -2.13. The number of ether oxygens (including phenoxy) is 1. The van der Waals surface area contributed by atoms with Gasteiger partial charge in [-0.3, -0.25) is 10.1 Å². The molecule has 33 heavy (non-hydrogen) atoms. The smallest absolute Gasteiger partial charge is 0.419 e. The summed E-state index contributed by atoms with van der Waals surface area (Å²) in [6.07, 6.45) is -4.32. The average Bonchev–Trinajstić information content (AvgIpc) is 2.70. The first-order chi connectivity index (χ1) is 15.5. The minimum atomic E-state index is -4.77. The molecule has 3 amide bonds. The predicted molar refractivity (Wildman–Crippen MR) is 109 cm³/mol. The molecule has 2 N–H and O–H groups in total. The quantitative estimate of drug-likeness (QED) is 0.400. The molecule has 6 nitrogen and oxygen atoms in total. The van der Waals surface area contributed by atoms with Gasteiger partial charge in [0.2, 0.25) is 5.88 Å². The maximum absolute atomic E-state index is 13.7. The highest BCUT2D eigenvalue weighted by atomic mass is 35.5. The van der Waals surface area contributed by atoms with E-state index in [1.165, 1.54) is 24.3 Å². The number of benzene rings is 2. The molecule has 0 bridgehead atoms. The molecular weight excluding hydrogens is 496 g/mol. The van der Waals surface area contributed by atoms with Crippen LogP contribution in [-0.4, -0.2) is 16.9 Å². The Labute approximate surface area is 192 Å². The van der Waals surface area contributed by atoms with E-state index in [-0.39, 0.29) is 11.4 Å². The van der Waals surface area contributed by atoms with Crippen LogP contribution in [0.3, 0.4) is 0 Å². The number of hydrogen-bond acceptors (Lipinski definition) is 4. The van der Waals surface area contributed by atoms with Crippen LogP contribution < -0.4 is 15.4 Å². The third-order valence-corrected chi connectivity index (χ3v) is 4.80. The van der Waals surface area contributed by atoms with Crippen LogP contribution in [0, 0.1) is 11.6 Å². The summed E-state index contributed by atoms with van der Waals surface area (Å²) in [4.78, 5) is 27.5. The van der Waals surface area contributed by atoms with E-state index in [1.54, 1.807) is 5.32 Å². The minimum absolute atomic E-state index is 0.00972. The Bertz CT molecular complexity index is 1220. The van der Waals surface area contributed by atoms with Crippen LogP contribution in [0.15, 0.2) is 48.7 Å². The van der Waals surface area contributed by atoms with Crippen LogP contribution >= 0.6 is 23.2 Å². The topological polar surface area (TPSA) is 80.3 Å². The van der Waals surface area contributed by atoms with E-state index in [1.807, 2.05) is 0 Å². The van der Waals surface area contributed by atoms with Gasteiger partial charge in [-0.15, -0.1) is 0 Å². The maximum atomic E-state index is 13.7. The second kappa shape index (κ2) is 9.59. The zero-order chi connectivity index (χ0) is 24.3. The molecule has 172 valence electrons. The van der Waals surface area contributed by atoms with Crippen LogP contribution in [0.4, 0.5) is 32.4 Å². The molecule has 0 aliphatic rings. The molecule has 0 unspecified atom stereocenters. The maximum Gasteiger partial charge on any atom is 0.419 e. The lowest BCUT2D eigenvalue weighted by Crippen LogP contribution is -2.35. The molecule has 0 atom stereocenters. The van der Waals surface area contributed by atoms with Gasteiger partial charge in [0.1, 0.15) is 28.0 Å². The fourth-order valence-electron chi connectivity index (χ4n) is 2.51. The van der Waals surface area contributed by atoms with E-state index in [0.717, 1.165) is 18.2 Å². The van der Waals surface area contributed by atoms with E-state index in [2.05, 4.69) is 10.3 Å². The molecular formula is C20H10Cl2F5N3O3. The SMILES string of the molecule is O=C(NC(=O)c1c(F)cccc1F)Nc1cccc(Oc2ncc(C(F)(F)F)c(Cl)c2Cl)c1. The number of anilines is 1. The number of urea groups is 1. The van der Waals surface area contributed by atoms with Gasteiger partial charge in [0, 0.05) is 18.0 Å². The summed E-state index contributed by atoms with van der Waals surface area (Å²) >= 11 is 11.5. The number of rotatable bonds is 4. The Morgan fingerprint density at radius 3 is 2.24 bits per heavy atom. The molecule has 0 saturated carbocycles. The van der Waals surface area contributed by atoms with Gasteiger partial charge in [0.05, 0.1) is 10.6 Å². The van der Waals surface area contributed by atoms with Crippen molar-refractivity contribution in [2.75, 3.05) is 5.32 Å². The molecule has 1 aromatic heterocycles. The normalized spacial score (nSPS) is 11.1. The molecule has 0 aliphatic carbocycles. The number of carbonyl (C=O) groups is 2. The summed E-state index contributed by atoms with van der Waals surface area (Å²) in [7, 11) is 0. The molecule has 2 aromatic carbocycles. The zero-order valence-corrected chi connectivity index (χ0v) is 17.4. The fraction of sp³-hybridized carbons (Fsp3) is 0.0500. The minimum Gasteiger partial charge on any atom is -0.437 e. The van der Waals surface area contributed by atoms with E-state index in [0.29, 0.717) is 6.20 Å². The van der Waals surface area contributed by atoms with Crippen molar-refractivity contribution in [1.29, 1.82) is 0 Å². The third-order valence-electron chi connectivity index (χ3n) is 3.96. The highest BCUT2D eigenvalue weighted by Gasteiger charge is 2.35. The van der Waals surface area contributed by atoms with Gasteiger partial charge in [-0.1, -0.05) is 35.3 Å². The van der Waals surface area contributed by atoms with Crippen molar-refractivity contribution in [2.24, 2.45) is 0 Å². The summed E-state index contributed by atoms with van der Waals surface area (Å²) < 4.78 is 71.2. The summed E-state index contributed by atoms with van der Waals surface area (Å²) in [6, 6.07) is 6.99. The number of imide groups is 1. The third kappa shape index (κ3) is 5.68. The van der Waals surface area contributed by atoms with Crippen molar-refractivity contribution >= 4 is 40.8 Å². The monoisotopic (exact) mass is 505 g/mol. The van der Waals surface area contributed by atoms with Gasteiger partial charge in [0.15, 0.2) is 0 Å². The molecule has 1 heterocycles. The zero-order valence-electron chi connectivity index (χ0n) is 15.9. The number of nitrogens with one attached hydrogen (secondary N) is 2. The Balaban J connectivity index is 1.72. The fourth-order valence-corrected chi connectivity index (χ4v) is 2.94. The van der Waals surface area contributed by atoms with Crippen molar-refractivity contribution in [1.82, 2.24) is 10.3 Å². The summed E-state index contributed by atoms with van der Waals surface area (Å²) in [5, 5.41) is 2.62. The largest absolute Gasteiger partial charge is 0.437 e. The van der Waals surface area contributed by atoms with Gasteiger partial charge in [-0.25, -0.2) is 18.6 Å². The predicted octanol–water partition coefficient (Wildman–Crippen LogP) is 6.44. The van der Waals surface area contributed by atoms with Crippen LogP contribution in [0.5, 0.6) is 11.6 Å². The number of aromatic nitrogens is 1. The number of amides is 3. The van der Waals surface area contributed by atoms with Gasteiger partial charge >= 0.3 is 12.2 Å². The van der Waals surface area contributed by atoms with E-state index in [4.69, 9.17) is 27.9 Å². The van der Waals surface area contributed by atoms with Crippen molar-refractivity contribution in [3.8, 4) is 11.6 Å². The lowest BCUT2D eigenvalue weighted by atomic mass is 10.2. The molecule has 0 aliphatic heterocycles. The number of alkyl halides is 3. The van der Waals surface area contributed by atoms with Crippen LogP contribution in [0.1, 0.15) is 15.9 Å². The van der Waals surface area contributed by atoms with Crippen molar-refractivity contribution < 1.29 is 36.3 Å². The van der Waals surface area contributed by atoms with Crippen molar-refractivity contribution in [3.63, 3.8) is 0 Å². The van der Waals surface area contributed by atoms with Gasteiger partial charge in [-0.2, -0.15) is 13.2 Å². The van der Waals surface area contributed by atoms with Crippen LogP contribution in [0.2, 0.25) is 10.0 Å². The molecule has 0 radical (unpaired) electrons. The van der Waals surface area contributed by atoms with Crippen LogP contribution in [-0.2, 0) is 6.18 Å². The molecule has 13 heteroatoms. The second-order valence-corrected chi connectivity index (χ2v) is 6.99. The van der Waals surface area contributed by atoms with Crippen molar-refractivity contribution in [3.05, 3.63) is 81.5 Å². The Kier molecular flexibility index (Phi) is 7.04. The number of carbonyl (C=O) groups excluding carboxylic acids is 2. The number of halogens is 7. The van der Waals surface area contributed by atoms with Crippen LogP contribution in [0.25, 0.3) is 0 Å². The Hall–Kier alpha value is -3.44. The van der Waals surface area contributed by atoms with Gasteiger partial charge < -0.3 is 10.1 Å². The number of nitrogens with zero attached hydrogens (tertiary/aromatic N) is 1. The van der Waals surface area contributed by atoms with Gasteiger partial charge in [0.25, 0.3) is 5.91 Å². The lowest BCUT2D eigenvalue weighted by Gasteiger charge is -2.13. The van der Waals surface area contributed by atoms with Crippen molar-refractivity contribution in [2.45, 2.75) is 6.18 Å². The summed E-state index contributed by atoms with van der Waals surface area (Å²) in [5.74, 6) is -4.07. The van der Waals surface area contributed by atoms with E-state index < -0.39 is 56.8 Å². The Morgan fingerprint density at radius 2 is 1.61 bits per heavy atom. The first-order valence-electron chi connectivity index (χ1n) is 8.73. The standard InChI is InChI=1S/C20H10Cl2F5N3O3/c21-15-11(20(25,26)27)8-28-18(16(15)22)33-10-4-1-3-9(7-10)29-19(32)30-17(31)14-12(23)5-2-6-13(14)24/h1-8H,(H2,29,30,31,32). The summed E-state index contributed by atoms with van der Waals surface area (Å²) in [6.45, 7) is 0. The number of pyridine rings is 1. The molecule has 0 spiro atoms. The van der Waals surface area contributed by atoms with E-state index in [9.17, 15) is 31.5 Å². The molecule has 0 fully saturated rings.